The normalized spacial score (nSPS) is 18.5. The standard InChI is InChI=1S/C11H10N2O2S4/c1-4-5(2)17-9(16-4)10-18-6-7(19-10)12-11(15)13(3)8(6)14/h1-3H3,(H,12,15). The lowest BCUT2D eigenvalue weighted by molar-refractivity contribution is 0.712. The monoisotopic (exact) mass is 330 g/mol. The summed E-state index contributed by atoms with van der Waals surface area (Å²) in [5.41, 5.74) is -0.582. The van der Waals surface area contributed by atoms with E-state index in [1.807, 2.05) is 0 Å². The zero-order chi connectivity index (χ0) is 13.7. The molecule has 0 aromatic carbocycles. The fraction of sp³-hybridized carbons (Fsp3) is 0.273. The maximum absolute atomic E-state index is 12.0. The Bertz CT molecular complexity index is 741. The predicted molar refractivity (Wildman–Crippen MR) is 84.6 cm³/mol. The number of hydrogen-bond acceptors (Lipinski definition) is 6. The number of rotatable bonds is 0. The summed E-state index contributed by atoms with van der Waals surface area (Å²) in [6, 6.07) is 0. The molecule has 3 heterocycles. The number of aromatic amines is 1. The highest BCUT2D eigenvalue weighted by Gasteiger charge is 2.28. The van der Waals surface area contributed by atoms with Gasteiger partial charge in [0.1, 0.15) is 9.92 Å². The molecule has 8 heteroatoms. The van der Waals surface area contributed by atoms with Crippen LogP contribution in [-0.2, 0) is 7.05 Å². The van der Waals surface area contributed by atoms with Crippen LogP contribution in [0.25, 0.3) is 0 Å². The Balaban J connectivity index is 2.03. The van der Waals surface area contributed by atoms with E-state index in [1.54, 1.807) is 23.5 Å². The minimum atomic E-state index is -0.361. The highest BCUT2D eigenvalue weighted by atomic mass is 32.2. The third-order valence-corrected chi connectivity index (χ3v) is 8.43. The summed E-state index contributed by atoms with van der Waals surface area (Å²) in [5.74, 6) is 0. The van der Waals surface area contributed by atoms with Crippen molar-refractivity contribution in [1.29, 1.82) is 0 Å². The number of nitrogens with zero attached hydrogens (tertiary/aromatic N) is 1. The molecule has 3 rings (SSSR count). The van der Waals surface area contributed by atoms with Crippen LogP contribution in [0.15, 0.2) is 37.8 Å². The van der Waals surface area contributed by atoms with Crippen LogP contribution >= 0.6 is 47.0 Å². The summed E-state index contributed by atoms with van der Waals surface area (Å²) in [4.78, 5) is 29.6. The molecule has 0 saturated carbocycles. The second-order valence-electron chi connectivity index (χ2n) is 4.05. The van der Waals surface area contributed by atoms with Crippen LogP contribution in [0.1, 0.15) is 13.8 Å². The van der Waals surface area contributed by atoms with E-state index in [-0.39, 0.29) is 11.2 Å². The van der Waals surface area contributed by atoms with Gasteiger partial charge < -0.3 is 4.98 Å². The van der Waals surface area contributed by atoms with Crippen molar-refractivity contribution in [2.75, 3.05) is 0 Å². The van der Waals surface area contributed by atoms with Gasteiger partial charge in [0.05, 0.1) is 8.47 Å². The van der Waals surface area contributed by atoms with Crippen molar-refractivity contribution in [3.63, 3.8) is 0 Å². The van der Waals surface area contributed by atoms with Crippen molar-refractivity contribution < 1.29 is 0 Å². The topological polar surface area (TPSA) is 54.9 Å². The zero-order valence-electron chi connectivity index (χ0n) is 10.4. The Labute approximate surface area is 126 Å². The molecule has 0 unspecified atom stereocenters. The van der Waals surface area contributed by atoms with Crippen molar-refractivity contribution in [3.8, 4) is 0 Å². The molecule has 0 spiro atoms. The van der Waals surface area contributed by atoms with Gasteiger partial charge in [-0.1, -0.05) is 47.0 Å². The van der Waals surface area contributed by atoms with Crippen LogP contribution in [0.5, 0.6) is 0 Å². The summed E-state index contributed by atoms with van der Waals surface area (Å²) in [7, 11) is 1.49. The number of thioether (sulfide) groups is 4. The smallest absolute Gasteiger partial charge is 0.300 e. The van der Waals surface area contributed by atoms with E-state index in [0.29, 0.717) is 9.92 Å². The maximum Gasteiger partial charge on any atom is 0.328 e. The maximum atomic E-state index is 12.0. The molecule has 2 aliphatic heterocycles. The number of aromatic nitrogens is 2. The summed E-state index contributed by atoms with van der Waals surface area (Å²) >= 11 is 6.41. The van der Waals surface area contributed by atoms with Crippen LogP contribution < -0.4 is 11.2 Å². The molecule has 4 nitrogen and oxygen atoms in total. The molecular formula is C11H10N2O2S4. The minimum Gasteiger partial charge on any atom is -0.300 e. The van der Waals surface area contributed by atoms with Crippen molar-refractivity contribution in [1.82, 2.24) is 9.55 Å². The molecule has 19 heavy (non-hydrogen) atoms. The first-order valence-electron chi connectivity index (χ1n) is 5.44. The van der Waals surface area contributed by atoms with E-state index >= 15 is 0 Å². The quantitative estimate of drug-likeness (QED) is 0.738. The lowest BCUT2D eigenvalue weighted by atomic mass is 10.6. The fourth-order valence-corrected chi connectivity index (χ4v) is 6.87. The average Bonchev–Trinajstić information content (AvgIpc) is 2.91. The number of hydrogen-bond donors (Lipinski definition) is 1. The molecule has 1 aromatic rings. The Kier molecular flexibility index (Phi) is 3.45. The molecule has 0 aliphatic carbocycles. The van der Waals surface area contributed by atoms with Crippen LogP contribution in [0.3, 0.4) is 0 Å². The summed E-state index contributed by atoms with van der Waals surface area (Å²) in [6.45, 7) is 4.19. The Morgan fingerprint density at radius 2 is 1.53 bits per heavy atom. The third-order valence-electron chi connectivity index (χ3n) is 2.77. The number of H-pyrrole nitrogens is 1. The predicted octanol–water partition coefficient (Wildman–Crippen LogP) is 3.13. The first kappa shape index (κ1) is 13.5. The van der Waals surface area contributed by atoms with Gasteiger partial charge in [0.25, 0.3) is 5.56 Å². The van der Waals surface area contributed by atoms with E-state index in [2.05, 4.69) is 18.8 Å². The third kappa shape index (κ3) is 2.24. The van der Waals surface area contributed by atoms with Gasteiger partial charge in [-0.2, -0.15) is 0 Å². The molecule has 0 radical (unpaired) electrons. The second kappa shape index (κ2) is 4.83. The molecule has 0 fully saturated rings. The summed E-state index contributed by atoms with van der Waals surface area (Å²) in [6.07, 6.45) is 0. The van der Waals surface area contributed by atoms with Crippen LogP contribution in [0, 0.1) is 0 Å². The van der Waals surface area contributed by atoms with E-state index in [4.69, 9.17) is 0 Å². The molecule has 0 saturated heterocycles. The lowest BCUT2D eigenvalue weighted by Crippen LogP contribution is -2.33. The van der Waals surface area contributed by atoms with Crippen molar-refractivity contribution in [3.05, 3.63) is 39.1 Å². The molecule has 2 aliphatic rings. The van der Waals surface area contributed by atoms with Gasteiger partial charge >= 0.3 is 5.69 Å². The van der Waals surface area contributed by atoms with E-state index < -0.39 is 0 Å². The number of fused-ring (bicyclic) bond motifs is 1. The van der Waals surface area contributed by atoms with Crippen molar-refractivity contribution in [2.24, 2.45) is 7.05 Å². The Morgan fingerprint density at radius 1 is 0.947 bits per heavy atom. The van der Waals surface area contributed by atoms with Crippen LogP contribution in [0.4, 0.5) is 0 Å². The van der Waals surface area contributed by atoms with E-state index in [0.717, 1.165) is 8.80 Å². The minimum absolute atomic E-state index is 0.221. The molecule has 1 aromatic heterocycles. The molecule has 0 bridgehead atoms. The highest BCUT2D eigenvalue weighted by Crippen LogP contribution is 2.59. The summed E-state index contributed by atoms with van der Waals surface area (Å²) < 4.78 is 3.40. The van der Waals surface area contributed by atoms with Crippen molar-refractivity contribution >= 4 is 47.0 Å². The van der Waals surface area contributed by atoms with Crippen LogP contribution in [0.2, 0.25) is 0 Å². The van der Waals surface area contributed by atoms with Gasteiger partial charge in [-0.3, -0.25) is 9.36 Å². The molecule has 0 atom stereocenters. The molecule has 0 amide bonds. The number of nitrogens with one attached hydrogen (secondary N) is 1. The fourth-order valence-electron chi connectivity index (χ4n) is 1.56. The Morgan fingerprint density at radius 3 is 2.16 bits per heavy atom. The molecule has 100 valence electrons. The second-order valence-corrected chi connectivity index (χ2v) is 9.06. The number of allylic oxidation sites excluding steroid dienone is 2. The first-order valence-corrected chi connectivity index (χ1v) is 8.70. The van der Waals surface area contributed by atoms with Gasteiger partial charge in [-0.05, 0) is 23.7 Å². The van der Waals surface area contributed by atoms with Gasteiger partial charge in [0, 0.05) is 7.05 Å². The van der Waals surface area contributed by atoms with Gasteiger partial charge in [-0.15, -0.1) is 0 Å². The first-order chi connectivity index (χ1) is 8.97. The summed E-state index contributed by atoms with van der Waals surface area (Å²) in [5, 5.41) is 0.670. The SMILES string of the molecule is CC1=C(C)SC(=C2Sc3[nH]c(=O)n(C)c(=O)c3S2)S1. The largest absolute Gasteiger partial charge is 0.328 e. The highest BCUT2D eigenvalue weighted by molar-refractivity contribution is 8.32. The average molecular weight is 330 g/mol. The lowest BCUT2D eigenvalue weighted by Gasteiger charge is -1.99. The van der Waals surface area contributed by atoms with E-state index in [1.165, 1.54) is 44.6 Å². The zero-order valence-corrected chi connectivity index (χ0v) is 13.7. The van der Waals surface area contributed by atoms with Crippen molar-refractivity contribution in [2.45, 2.75) is 23.8 Å². The van der Waals surface area contributed by atoms with Gasteiger partial charge in [-0.25, -0.2) is 4.79 Å². The Hall–Kier alpha value is -0.440. The molecular weight excluding hydrogens is 320 g/mol. The van der Waals surface area contributed by atoms with Gasteiger partial charge in [0.15, 0.2) is 0 Å². The van der Waals surface area contributed by atoms with Gasteiger partial charge in [0.2, 0.25) is 0 Å². The molecule has 1 N–H and O–H groups in total. The van der Waals surface area contributed by atoms with E-state index in [9.17, 15) is 9.59 Å². The van der Waals surface area contributed by atoms with Crippen LogP contribution in [-0.4, -0.2) is 9.55 Å².